The first-order chi connectivity index (χ1) is 8.13. The van der Waals surface area contributed by atoms with Crippen molar-refractivity contribution in [3.8, 4) is 6.07 Å². The van der Waals surface area contributed by atoms with Crippen LogP contribution in [0.15, 0.2) is 6.07 Å². The molecule has 2 rings (SSSR count). The average Bonchev–Trinajstić information content (AvgIpc) is 2.77. The molecule has 0 fully saturated rings. The van der Waals surface area contributed by atoms with Crippen molar-refractivity contribution < 1.29 is 0 Å². The number of hydrogen-bond acceptors (Lipinski definition) is 5. The number of aromatic nitrogens is 2. The summed E-state index contributed by atoms with van der Waals surface area (Å²) in [6.07, 6.45) is 0. The Kier molecular flexibility index (Phi) is 3.67. The molecule has 1 aromatic heterocycles. The molecule has 17 heavy (non-hydrogen) atoms. The van der Waals surface area contributed by atoms with E-state index in [1.807, 2.05) is 6.92 Å². The quantitative estimate of drug-likeness (QED) is 0.937. The van der Waals surface area contributed by atoms with Crippen LogP contribution >= 0.6 is 34.9 Å². The predicted octanol–water partition coefficient (Wildman–Crippen LogP) is 3.57. The number of nitriles is 1. The molecule has 7 heteroatoms. The van der Waals surface area contributed by atoms with Gasteiger partial charge >= 0.3 is 0 Å². The fourth-order valence-electron chi connectivity index (χ4n) is 1.34. The van der Waals surface area contributed by atoms with E-state index in [2.05, 4.69) is 20.1 Å². The molecule has 0 saturated carbocycles. The van der Waals surface area contributed by atoms with Gasteiger partial charge in [0, 0.05) is 6.54 Å². The van der Waals surface area contributed by atoms with Crippen LogP contribution in [0.2, 0.25) is 10.0 Å². The molecule has 0 aliphatic heterocycles. The van der Waals surface area contributed by atoms with Gasteiger partial charge in [-0.3, -0.25) is 0 Å². The maximum Gasteiger partial charge on any atom is 0.130 e. The van der Waals surface area contributed by atoms with Crippen molar-refractivity contribution in [2.75, 3.05) is 11.9 Å². The summed E-state index contributed by atoms with van der Waals surface area (Å²) in [5.41, 5.74) is 1.97. The summed E-state index contributed by atoms with van der Waals surface area (Å²) in [6.45, 7) is 2.33. The molecule has 1 aromatic carbocycles. The molecule has 0 saturated heterocycles. The van der Waals surface area contributed by atoms with Gasteiger partial charge in [-0.05, 0) is 13.0 Å². The zero-order valence-corrected chi connectivity index (χ0v) is 11.2. The van der Waals surface area contributed by atoms with Gasteiger partial charge in [0.2, 0.25) is 0 Å². The number of benzene rings is 1. The van der Waals surface area contributed by atoms with Gasteiger partial charge < -0.3 is 5.32 Å². The first-order valence-corrected chi connectivity index (χ1v) is 6.36. The summed E-state index contributed by atoms with van der Waals surface area (Å²) in [5, 5.41) is 12.8. The Balaban J connectivity index is 2.40. The molecule has 88 valence electrons. The lowest BCUT2D eigenvalue weighted by atomic mass is 10.2. The Morgan fingerprint density at radius 3 is 2.82 bits per heavy atom. The molecule has 0 radical (unpaired) electrons. The van der Waals surface area contributed by atoms with E-state index in [1.54, 1.807) is 6.07 Å². The maximum atomic E-state index is 8.73. The third-order valence-electron chi connectivity index (χ3n) is 2.25. The van der Waals surface area contributed by atoms with Gasteiger partial charge in [-0.1, -0.05) is 23.2 Å². The zero-order valence-electron chi connectivity index (χ0n) is 8.87. The minimum absolute atomic E-state index is 0.108. The zero-order chi connectivity index (χ0) is 12.4. The molecule has 1 heterocycles. The van der Waals surface area contributed by atoms with Crippen LogP contribution in [0.25, 0.3) is 11.0 Å². The van der Waals surface area contributed by atoms with Crippen LogP contribution in [0, 0.1) is 17.2 Å². The maximum absolute atomic E-state index is 8.73. The molecule has 2 aromatic rings. The number of rotatable bonds is 3. The fourth-order valence-corrected chi connectivity index (χ4v) is 2.52. The second-order valence-corrected chi connectivity index (χ2v) is 4.93. The molecule has 0 bridgehead atoms. The minimum atomic E-state index is -0.108. The van der Waals surface area contributed by atoms with Crippen LogP contribution in [0.4, 0.5) is 5.69 Å². The number of nitrogens with one attached hydrogen (secondary N) is 1. The van der Waals surface area contributed by atoms with Gasteiger partial charge in [-0.2, -0.15) is 14.0 Å². The molecular weight excluding hydrogens is 279 g/mol. The van der Waals surface area contributed by atoms with Gasteiger partial charge in [0.15, 0.2) is 0 Å². The van der Waals surface area contributed by atoms with Crippen molar-refractivity contribution in [3.63, 3.8) is 0 Å². The van der Waals surface area contributed by atoms with Gasteiger partial charge in [0.05, 0.1) is 39.4 Å². The van der Waals surface area contributed by atoms with Crippen LogP contribution in [0.3, 0.4) is 0 Å². The first kappa shape index (κ1) is 12.4. The highest BCUT2D eigenvalue weighted by atomic mass is 35.5. The van der Waals surface area contributed by atoms with E-state index < -0.39 is 0 Å². The van der Waals surface area contributed by atoms with Crippen LogP contribution in [-0.4, -0.2) is 15.3 Å². The standard InChI is InChI=1S/C10H8Cl2N4S/c1-5(3-13)4-14-8-6(11)2-7(12)9-10(8)16-17-15-9/h2,5,14H,4H2,1H3. The largest absolute Gasteiger partial charge is 0.381 e. The topological polar surface area (TPSA) is 61.6 Å². The summed E-state index contributed by atoms with van der Waals surface area (Å²) in [4.78, 5) is 0. The Morgan fingerprint density at radius 2 is 2.12 bits per heavy atom. The second kappa shape index (κ2) is 5.05. The fraction of sp³-hybridized carbons (Fsp3) is 0.300. The van der Waals surface area contributed by atoms with Crippen LogP contribution in [0.1, 0.15) is 6.92 Å². The highest BCUT2D eigenvalue weighted by Gasteiger charge is 2.14. The molecule has 0 aliphatic rings. The van der Waals surface area contributed by atoms with Crippen molar-refractivity contribution in [2.45, 2.75) is 6.92 Å². The smallest absolute Gasteiger partial charge is 0.130 e. The Morgan fingerprint density at radius 1 is 1.41 bits per heavy atom. The number of anilines is 1. The summed E-state index contributed by atoms with van der Waals surface area (Å²) >= 11 is 13.2. The molecular formula is C10H8Cl2N4S. The monoisotopic (exact) mass is 286 g/mol. The molecule has 1 unspecified atom stereocenters. The van der Waals surface area contributed by atoms with Gasteiger partial charge in [-0.15, -0.1) is 0 Å². The van der Waals surface area contributed by atoms with Gasteiger partial charge in [0.1, 0.15) is 11.0 Å². The number of halogens is 2. The summed E-state index contributed by atoms with van der Waals surface area (Å²) < 4.78 is 8.26. The molecule has 0 spiro atoms. The lowest BCUT2D eigenvalue weighted by molar-refractivity contribution is 0.787. The molecule has 1 atom stereocenters. The normalized spacial score (nSPS) is 12.4. The van der Waals surface area contributed by atoms with E-state index in [1.165, 1.54) is 0 Å². The van der Waals surface area contributed by atoms with E-state index in [0.717, 1.165) is 11.7 Å². The number of hydrogen-bond donors (Lipinski definition) is 1. The molecule has 0 amide bonds. The van der Waals surface area contributed by atoms with Crippen LogP contribution in [-0.2, 0) is 0 Å². The second-order valence-electron chi connectivity index (χ2n) is 3.59. The Hall–Kier alpha value is -1.09. The predicted molar refractivity (Wildman–Crippen MR) is 70.7 cm³/mol. The van der Waals surface area contributed by atoms with E-state index in [-0.39, 0.29) is 5.92 Å². The van der Waals surface area contributed by atoms with Crippen molar-refractivity contribution in [2.24, 2.45) is 5.92 Å². The lowest BCUT2D eigenvalue weighted by Gasteiger charge is -2.10. The van der Waals surface area contributed by atoms with Gasteiger partial charge in [-0.25, -0.2) is 0 Å². The summed E-state index contributed by atoms with van der Waals surface area (Å²) in [7, 11) is 0. The van der Waals surface area contributed by atoms with E-state index in [4.69, 9.17) is 28.5 Å². The highest BCUT2D eigenvalue weighted by Crippen LogP contribution is 2.35. The Bertz CT molecular complexity index is 590. The van der Waals surface area contributed by atoms with Crippen molar-refractivity contribution >= 4 is 51.7 Å². The lowest BCUT2D eigenvalue weighted by Crippen LogP contribution is -2.10. The van der Waals surface area contributed by atoms with Crippen molar-refractivity contribution in [1.29, 1.82) is 5.26 Å². The Labute approximate surface area is 112 Å². The van der Waals surface area contributed by atoms with E-state index in [0.29, 0.717) is 33.3 Å². The van der Waals surface area contributed by atoms with E-state index in [9.17, 15) is 0 Å². The summed E-state index contributed by atoms with van der Waals surface area (Å²) in [5.74, 6) is -0.108. The third-order valence-corrected chi connectivity index (χ3v) is 3.36. The van der Waals surface area contributed by atoms with Crippen LogP contribution in [0.5, 0.6) is 0 Å². The third kappa shape index (κ3) is 2.44. The summed E-state index contributed by atoms with van der Waals surface area (Å²) in [6, 6.07) is 3.77. The van der Waals surface area contributed by atoms with Gasteiger partial charge in [0.25, 0.3) is 0 Å². The molecule has 1 N–H and O–H groups in total. The van der Waals surface area contributed by atoms with Crippen molar-refractivity contribution in [3.05, 3.63) is 16.1 Å². The number of nitrogens with zero attached hydrogens (tertiary/aromatic N) is 3. The molecule has 4 nitrogen and oxygen atoms in total. The van der Waals surface area contributed by atoms with Crippen LogP contribution < -0.4 is 5.32 Å². The SMILES string of the molecule is CC(C#N)CNc1c(Cl)cc(Cl)c2nsnc12. The van der Waals surface area contributed by atoms with E-state index >= 15 is 0 Å². The first-order valence-electron chi connectivity index (χ1n) is 4.87. The minimum Gasteiger partial charge on any atom is -0.381 e. The van der Waals surface area contributed by atoms with Crippen molar-refractivity contribution in [1.82, 2.24) is 8.75 Å². The molecule has 0 aliphatic carbocycles. The number of fused-ring (bicyclic) bond motifs is 1. The average molecular weight is 287 g/mol. The highest BCUT2D eigenvalue weighted by molar-refractivity contribution is 7.00.